The summed E-state index contributed by atoms with van der Waals surface area (Å²) in [6.07, 6.45) is 8.73. The molecule has 3 atom stereocenters. The second kappa shape index (κ2) is 13.1. The van der Waals surface area contributed by atoms with E-state index in [0.717, 1.165) is 31.2 Å². The van der Waals surface area contributed by atoms with E-state index in [1.165, 1.54) is 37.8 Å². The number of para-hydroxylation sites is 2. The number of benzene rings is 2. The highest BCUT2D eigenvalue weighted by atomic mass is 19.1. The minimum atomic E-state index is -0.698. The number of aliphatic hydroxyl groups is 1. The van der Waals surface area contributed by atoms with Crippen LogP contribution in [0.25, 0.3) is 0 Å². The molecule has 2 aromatic rings. The fraction of sp³-hybridized carbons (Fsp3) is 0.444. The molecule has 0 spiro atoms. The minimum Gasteiger partial charge on any atom is -0.490 e. The minimum absolute atomic E-state index is 0.0584. The molecule has 3 rings (SSSR count). The maximum atomic E-state index is 13.8. The molecule has 1 fully saturated rings. The van der Waals surface area contributed by atoms with Crippen molar-refractivity contribution in [1.29, 1.82) is 0 Å². The lowest BCUT2D eigenvalue weighted by atomic mass is 9.98. The topological polar surface area (TPSA) is 70.6 Å². The summed E-state index contributed by atoms with van der Waals surface area (Å²) in [5.41, 5.74) is 0.391. The predicted octanol–water partition coefficient (Wildman–Crippen LogP) is 5.18. The molecule has 0 aromatic heterocycles. The summed E-state index contributed by atoms with van der Waals surface area (Å²) in [7, 11) is 0. The normalized spacial score (nSPS) is 18.6. The van der Waals surface area contributed by atoms with Gasteiger partial charge >= 0.3 is 0 Å². The standard InChI is InChI=1S/C27H35FN2O3/c1-2-8-20-14-15-21(17-20)9-7-16-29-18-22(31)19-33-26-13-6-3-10-23(26)27(32)30-25-12-5-4-11-24(25)28/h2-6,10-13,20-22,29,31H,1,7-9,14-19H2,(H,30,32). The second-order valence-corrected chi connectivity index (χ2v) is 8.81. The number of ether oxygens (including phenoxy) is 1. The maximum Gasteiger partial charge on any atom is 0.259 e. The van der Waals surface area contributed by atoms with E-state index in [1.54, 1.807) is 36.4 Å². The Balaban J connectivity index is 1.37. The highest BCUT2D eigenvalue weighted by Gasteiger charge is 2.23. The van der Waals surface area contributed by atoms with Crippen molar-refractivity contribution in [3.8, 4) is 5.75 Å². The fourth-order valence-electron chi connectivity index (χ4n) is 4.45. The van der Waals surface area contributed by atoms with Crippen molar-refractivity contribution in [3.63, 3.8) is 0 Å². The van der Waals surface area contributed by atoms with Crippen molar-refractivity contribution in [3.05, 3.63) is 72.6 Å². The van der Waals surface area contributed by atoms with Gasteiger partial charge in [0.1, 0.15) is 24.3 Å². The van der Waals surface area contributed by atoms with Crippen LogP contribution in [0.3, 0.4) is 0 Å². The number of anilines is 1. The van der Waals surface area contributed by atoms with Crippen molar-refractivity contribution in [1.82, 2.24) is 5.32 Å². The molecule has 0 radical (unpaired) electrons. The lowest BCUT2D eigenvalue weighted by Crippen LogP contribution is -2.32. The summed E-state index contributed by atoms with van der Waals surface area (Å²) in [4.78, 5) is 12.6. The van der Waals surface area contributed by atoms with Crippen molar-refractivity contribution in [2.24, 2.45) is 11.8 Å². The van der Waals surface area contributed by atoms with Crippen LogP contribution in [0.4, 0.5) is 10.1 Å². The van der Waals surface area contributed by atoms with E-state index in [0.29, 0.717) is 12.3 Å². The average molecular weight is 455 g/mol. The average Bonchev–Trinajstić information content (AvgIpc) is 3.26. The van der Waals surface area contributed by atoms with Gasteiger partial charge in [0.05, 0.1) is 11.3 Å². The lowest BCUT2D eigenvalue weighted by Gasteiger charge is -2.16. The monoisotopic (exact) mass is 454 g/mol. The summed E-state index contributed by atoms with van der Waals surface area (Å²) in [6, 6.07) is 12.7. The number of amides is 1. The van der Waals surface area contributed by atoms with Crippen LogP contribution in [0.15, 0.2) is 61.2 Å². The molecule has 0 heterocycles. The molecular formula is C27H35FN2O3. The highest BCUT2D eigenvalue weighted by molar-refractivity contribution is 6.06. The summed E-state index contributed by atoms with van der Waals surface area (Å²) in [5.74, 6) is 1.01. The van der Waals surface area contributed by atoms with Crippen molar-refractivity contribution < 1.29 is 19.0 Å². The van der Waals surface area contributed by atoms with E-state index >= 15 is 0 Å². The first-order chi connectivity index (χ1) is 16.1. The third-order valence-electron chi connectivity index (χ3n) is 6.18. The number of allylic oxidation sites excluding steroid dienone is 1. The molecule has 2 aromatic carbocycles. The SMILES string of the molecule is C=CCC1CCC(CCCNCC(O)COc2ccccc2C(=O)Nc2ccccc2F)C1. The number of rotatable bonds is 13. The molecule has 6 heteroatoms. The number of hydrogen-bond acceptors (Lipinski definition) is 4. The van der Waals surface area contributed by atoms with Gasteiger partial charge in [0, 0.05) is 6.54 Å². The van der Waals surface area contributed by atoms with Crippen LogP contribution in [0.5, 0.6) is 5.75 Å². The van der Waals surface area contributed by atoms with Crippen LogP contribution in [0, 0.1) is 17.7 Å². The Labute approximate surface area is 196 Å². The van der Waals surface area contributed by atoms with Gasteiger partial charge < -0.3 is 20.5 Å². The van der Waals surface area contributed by atoms with Crippen LogP contribution in [0.1, 0.15) is 48.9 Å². The Morgan fingerprint density at radius 2 is 1.94 bits per heavy atom. The predicted molar refractivity (Wildman–Crippen MR) is 130 cm³/mol. The maximum absolute atomic E-state index is 13.8. The quantitative estimate of drug-likeness (QED) is 0.288. The molecule has 3 unspecified atom stereocenters. The molecule has 0 bridgehead atoms. The van der Waals surface area contributed by atoms with Crippen LogP contribution in [-0.4, -0.2) is 36.8 Å². The Morgan fingerprint density at radius 1 is 1.18 bits per heavy atom. The first-order valence-electron chi connectivity index (χ1n) is 11.8. The van der Waals surface area contributed by atoms with E-state index in [4.69, 9.17) is 4.74 Å². The molecule has 3 N–H and O–H groups in total. The Hall–Kier alpha value is -2.70. The van der Waals surface area contributed by atoms with Crippen molar-refractivity contribution >= 4 is 11.6 Å². The summed E-state index contributed by atoms with van der Waals surface area (Å²) in [5, 5.41) is 16.1. The smallest absolute Gasteiger partial charge is 0.259 e. The van der Waals surface area contributed by atoms with Gasteiger partial charge in [-0.05, 0) is 74.8 Å². The largest absolute Gasteiger partial charge is 0.490 e. The number of carbonyl (C=O) groups is 1. The first-order valence-corrected chi connectivity index (χ1v) is 11.8. The number of carbonyl (C=O) groups excluding carboxylic acids is 1. The summed E-state index contributed by atoms with van der Waals surface area (Å²) < 4.78 is 19.5. The molecule has 1 amide bonds. The zero-order chi connectivity index (χ0) is 23.5. The van der Waals surface area contributed by atoms with Gasteiger partial charge in [-0.2, -0.15) is 0 Å². The van der Waals surface area contributed by atoms with E-state index in [9.17, 15) is 14.3 Å². The summed E-state index contributed by atoms with van der Waals surface area (Å²) >= 11 is 0. The Morgan fingerprint density at radius 3 is 2.76 bits per heavy atom. The number of nitrogens with one attached hydrogen (secondary N) is 2. The van der Waals surface area contributed by atoms with E-state index in [1.807, 2.05) is 6.08 Å². The number of aliphatic hydroxyl groups excluding tert-OH is 1. The van der Waals surface area contributed by atoms with Gasteiger partial charge in [0.2, 0.25) is 0 Å². The molecule has 0 saturated heterocycles. The highest BCUT2D eigenvalue weighted by Crippen LogP contribution is 2.35. The lowest BCUT2D eigenvalue weighted by molar-refractivity contribution is 0.0979. The molecule has 1 aliphatic rings. The first kappa shape index (κ1) is 24.9. The molecule has 1 aliphatic carbocycles. The molecule has 33 heavy (non-hydrogen) atoms. The third kappa shape index (κ3) is 7.98. The number of halogens is 1. The van der Waals surface area contributed by atoms with Gasteiger partial charge in [-0.3, -0.25) is 4.79 Å². The molecule has 5 nitrogen and oxygen atoms in total. The number of hydrogen-bond donors (Lipinski definition) is 3. The van der Waals surface area contributed by atoms with Crippen molar-refractivity contribution in [2.75, 3.05) is 25.0 Å². The van der Waals surface area contributed by atoms with Gasteiger partial charge in [0.25, 0.3) is 5.91 Å². The van der Waals surface area contributed by atoms with Crippen LogP contribution in [-0.2, 0) is 0 Å². The molecule has 0 aliphatic heterocycles. The second-order valence-electron chi connectivity index (χ2n) is 8.81. The van der Waals surface area contributed by atoms with E-state index in [2.05, 4.69) is 17.2 Å². The zero-order valence-corrected chi connectivity index (χ0v) is 19.1. The van der Waals surface area contributed by atoms with Crippen LogP contribution in [0.2, 0.25) is 0 Å². The fourth-order valence-corrected chi connectivity index (χ4v) is 4.45. The zero-order valence-electron chi connectivity index (χ0n) is 19.1. The Bertz CT molecular complexity index is 904. The third-order valence-corrected chi connectivity index (χ3v) is 6.18. The van der Waals surface area contributed by atoms with Crippen LogP contribution >= 0.6 is 0 Å². The van der Waals surface area contributed by atoms with E-state index < -0.39 is 17.8 Å². The molecule has 1 saturated carbocycles. The van der Waals surface area contributed by atoms with Gasteiger partial charge in [-0.25, -0.2) is 4.39 Å². The van der Waals surface area contributed by atoms with Gasteiger partial charge in [-0.15, -0.1) is 6.58 Å². The van der Waals surface area contributed by atoms with Gasteiger partial charge in [-0.1, -0.05) is 36.8 Å². The Kier molecular flexibility index (Phi) is 9.91. The molecular weight excluding hydrogens is 419 g/mol. The van der Waals surface area contributed by atoms with Crippen LogP contribution < -0.4 is 15.4 Å². The summed E-state index contributed by atoms with van der Waals surface area (Å²) in [6.45, 7) is 5.19. The van der Waals surface area contributed by atoms with E-state index in [-0.39, 0.29) is 17.9 Å². The van der Waals surface area contributed by atoms with Gasteiger partial charge in [0.15, 0.2) is 0 Å². The molecule has 178 valence electrons. The van der Waals surface area contributed by atoms with Crippen molar-refractivity contribution in [2.45, 2.75) is 44.6 Å².